The van der Waals surface area contributed by atoms with Gasteiger partial charge in [0.05, 0.1) is 16.6 Å². The molecule has 6 rings (SSSR count). The molecule has 1 unspecified atom stereocenters. The van der Waals surface area contributed by atoms with E-state index in [0.717, 1.165) is 17.0 Å². The second-order valence-corrected chi connectivity index (χ2v) is 9.18. The molecule has 31 heavy (non-hydrogen) atoms. The summed E-state index contributed by atoms with van der Waals surface area (Å²) in [7, 11) is 0. The molecule has 1 aliphatic carbocycles. The molecule has 1 N–H and O–H groups in total. The minimum Gasteiger partial charge on any atom is -0.454 e. The van der Waals surface area contributed by atoms with Crippen LogP contribution in [0.25, 0.3) is 5.69 Å². The van der Waals surface area contributed by atoms with Crippen molar-refractivity contribution in [1.29, 1.82) is 0 Å². The molecule has 1 atom stereocenters. The van der Waals surface area contributed by atoms with Gasteiger partial charge in [0.2, 0.25) is 6.79 Å². The van der Waals surface area contributed by atoms with Gasteiger partial charge < -0.3 is 14.8 Å². The number of ether oxygens (including phenoxy) is 2. The molecule has 3 aromatic rings. The minimum atomic E-state index is -0.308. The maximum absolute atomic E-state index is 13.5. The summed E-state index contributed by atoms with van der Waals surface area (Å²) in [5.74, 6) is 2.73. The van der Waals surface area contributed by atoms with Crippen LogP contribution in [0.1, 0.15) is 46.1 Å². The third kappa shape index (κ3) is 3.17. The Morgan fingerprint density at radius 1 is 1.13 bits per heavy atom. The van der Waals surface area contributed by atoms with Gasteiger partial charge in [-0.1, -0.05) is 6.42 Å². The number of carbonyl (C=O) groups is 1. The van der Waals surface area contributed by atoms with Crippen molar-refractivity contribution in [2.45, 2.75) is 30.3 Å². The van der Waals surface area contributed by atoms with Gasteiger partial charge >= 0.3 is 0 Å². The molecule has 1 saturated carbocycles. The van der Waals surface area contributed by atoms with Gasteiger partial charge in [0.1, 0.15) is 11.6 Å². The third-order valence-corrected chi connectivity index (χ3v) is 7.63. The van der Waals surface area contributed by atoms with Crippen LogP contribution in [0.2, 0.25) is 0 Å². The van der Waals surface area contributed by atoms with Crippen LogP contribution < -0.4 is 14.8 Å². The predicted molar refractivity (Wildman–Crippen MR) is 115 cm³/mol. The molecular formula is C23H20FN3O3S. The molecular weight excluding hydrogens is 417 g/mol. The number of amides is 1. The number of hydrogen-bond donors (Lipinski definition) is 1. The lowest BCUT2D eigenvalue weighted by Crippen LogP contribution is -2.17. The first-order chi connectivity index (χ1) is 15.2. The zero-order valence-electron chi connectivity index (χ0n) is 16.6. The smallest absolute Gasteiger partial charge is 0.256 e. The molecule has 2 aliphatic heterocycles. The van der Waals surface area contributed by atoms with E-state index in [2.05, 4.69) is 5.32 Å². The standard InChI is InChI=1S/C23H20FN3O3S/c24-15-5-7-16(8-6-15)27-22(17-11-31-21(20(17)26-27)13-2-1-3-13)25-23(28)14-4-9-18-19(10-14)30-12-29-18/h4-10,13,21H,1-3,11-12H2,(H,25,28). The van der Waals surface area contributed by atoms with Crippen LogP contribution >= 0.6 is 11.8 Å². The molecule has 1 fully saturated rings. The summed E-state index contributed by atoms with van der Waals surface area (Å²) < 4.78 is 26.0. The van der Waals surface area contributed by atoms with Crippen molar-refractivity contribution in [2.24, 2.45) is 5.92 Å². The zero-order valence-corrected chi connectivity index (χ0v) is 17.5. The monoisotopic (exact) mass is 437 g/mol. The van der Waals surface area contributed by atoms with Crippen molar-refractivity contribution in [1.82, 2.24) is 9.78 Å². The summed E-state index contributed by atoms with van der Waals surface area (Å²) in [4.78, 5) is 13.1. The Labute approximate surface area is 182 Å². The van der Waals surface area contributed by atoms with Gasteiger partial charge in [0.15, 0.2) is 11.5 Å². The van der Waals surface area contributed by atoms with Gasteiger partial charge in [0.25, 0.3) is 5.91 Å². The first-order valence-corrected chi connectivity index (χ1v) is 11.4. The van der Waals surface area contributed by atoms with Gasteiger partial charge in [0, 0.05) is 16.9 Å². The molecule has 8 heteroatoms. The van der Waals surface area contributed by atoms with E-state index in [0.29, 0.717) is 39.7 Å². The Bertz CT molecular complexity index is 1170. The molecule has 3 aliphatic rings. The zero-order chi connectivity index (χ0) is 20.9. The van der Waals surface area contributed by atoms with Crippen LogP contribution in [0.3, 0.4) is 0 Å². The second-order valence-electron chi connectivity index (χ2n) is 8.05. The molecule has 3 heterocycles. The summed E-state index contributed by atoms with van der Waals surface area (Å²) in [5, 5.41) is 8.31. The van der Waals surface area contributed by atoms with Crippen molar-refractivity contribution in [3.63, 3.8) is 0 Å². The number of nitrogens with one attached hydrogen (secondary N) is 1. The Morgan fingerprint density at radius 2 is 1.94 bits per heavy atom. The van der Waals surface area contributed by atoms with E-state index in [1.54, 1.807) is 35.0 Å². The molecule has 1 aromatic heterocycles. The fraction of sp³-hybridized carbons (Fsp3) is 0.304. The largest absolute Gasteiger partial charge is 0.454 e. The summed E-state index contributed by atoms with van der Waals surface area (Å²) in [6, 6.07) is 11.3. The highest BCUT2D eigenvalue weighted by Crippen LogP contribution is 2.53. The van der Waals surface area contributed by atoms with Gasteiger partial charge in [-0.25, -0.2) is 9.07 Å². The van der Waals surface area contributed by atoms with Crippen molar-refractivity contribution < 1.29 is 18.7 Å². The Hall–Kier alpha value is -3.00. The normalized spacial score (nSPS) is 19.2. The van der Waals surface area contributed by atoms with Crippen LogP contribution in [-0.4, -0.2) is 22.5 Å². The first-order valence-electron chi connectivity index (χ1n) is 10.4. The van der Waals surface area contributed by atoms with Gasteiger partial charge in [-0.2, -0.15) is 5.10 Å². The highest BCUT2D eigenvalue weighted by Gasteiger charge is 2.39. The number of hydrogen-bond acceptors (Lipinski definition) is 5. The quantitative estimate of drug-likeness (QED) is 0.617. The van der Waals surface area contributed by atoms with Crippen LogP contribution in [-0.2, 0) is 5.75 Å². The number of carbonyl (C=O) groups excluding carboxylic acids is 1. The molecule has 2 aromatic carbocycles. The first kappa shape index (κ1) is 18.7. The Morgan fingerprint density at radius 3 is 2.71 bits per heavy atom. The molecule has 0 radical (unpaired) electrons. The molecule has 158 valence electrons. The Kier molecular flexibility index (Phi) is 4.41. The van der Waals surface area contributed by atoms with Crippen LogP contribution in [0.5, 0.6) is 11.5 Å². The lowest BCUT2D eigenvalue weighted by Gasteiger charge is -2.30. The summed E-state index contributed by atoms with van der Waals surface area (Å²) in [5.41, 5.74) is 3.29. The molecule has 6 nitrogen and oxygen atoms in total. The minimum absolute atomic E-state index is 0.158. The van der Waals surface area contributed by atoms with E-state index in [1.165, 1.54) is 31.4 Å². The second kappa shape index (κ2) is 7.30. The number of fused-ring (bicyclic) bond motifs is 2. The summed E-state index contributed by atoms with van der Waals surface area (Å²) in [6.07, 6.45) is 3.71. The van der Waals surface area contributed by atoms with E-state index in [9.17, 15) is 9.18 Å². The van der Waals surface area contributed by atoms with Crippen molar-refractivity contribution in [3.8, 4) is 17.2 Å². The maximum atomic E-state index is 13.5. The highest BCUT2D eigenvalue weighted by molar-refractivity contribution is 7.99. The van der Waals surface area contributed by atoms with E-state index >= 15 is 0 Å². The molecule has 0 bridgehead atoms. The molecule has 0 spiro atoms. The van der Waals surface area contributed by atoms with E-state index in [1.807, 2.05) is 11.8 Å². The molecule has 0 saturated heterocycles. The molecule has 1 amide bonds. The Balaban J connectivity index is 1.38. The lowest BCUT2D eigenvalue weighted by molar-refractivity contribution is 0.102. The van der Waals surface area contributed by atoms with Crippen LogP contribution in [0.15, 0.2) is 42.5 Å². The van der Waals surface area contributed by atoms with E-state index in [-0.39, 0.29) is 18.5 Å². The van der Waals surface area contributed by atoms with E-state index < -0.39 is 0 Å². The predicted octanol–water partition coefficient (Wildman–Crippen LogP) is 5.08. The topological polar surface area (TPSA) is 65.4 Å². The average Bonchev–Trinajstić information content (AvgIpc) is 3.44. The average molecular weight is 437 g/mol. The van der Waals surface area contributed by atoms with Crippen molar-refractivity contribution >= 4 is 23.5 Å². The fourth-order valence-corrected chi connectivity index (χ4v) is 5.83. The number of halogens is 1. The van der Waals surface area contributed by atoms with Crippen LogP contribution in [0.4, 0.5) is 10.2 Å². The van der Waals surface area contributed by atoms with Crippen molar-refractivity contribution in [3.05, 3.63) is 65.1 Å². The number of benzene rings is 2. The van der Waals surface area contributed by atoms with E-state index in [4.69, 9.17) is 14.6 Å². The van der Waals surface area contributed by atoms with Crippen molar-refractivity contribution in [2.75, 3.05) is 12.1 Å². The van der Waals surface area contributed by atoms with Gasteiger partial charge in [-0.3, -0.25) is 4.79 Å². The number of anilines is 1. The summed E-state index contributed by atoms with van der Waals surface area (Å²) in [6.45, 7) is 0.158. The maximum Gasteiger partial charge on any atom is 0.256 e. The number of nitrogens with zero attached hydrogens (tertiary/aromatic N) is 2. The van der Waals surface area contributed by atoms with Gasteiger partial charge in [-0.15, -0.1) is 11.8 Å². The van der Waals surface area contributed by atoms with Crippen LogP contribution in [0, 0.1) is 11.7 Å². The van der Waals surface area contributed by atoms with Gasteiger partial charge in [-0.05, 0) is 61.2 Å². The number of rotatable bonds is 4. The number of thioether (sulfide) groups is 1. The summed E-state index contributed by atoms with van der Waals surface area (Å²) >= 11 is 1.90. The number of aromatic nitrogens is 2. The highest BCUT2D eigenvalue weighted by atomic mass is 32.2. The lowest BCUT2D eigenvalue weighted by atomic mass is 9.81. The SMILES string of the molecule is O=C(Nc1c2c(nn1-c1ccc(F)cc1)C(C1CCC1)SC2)c1ccc2c(c1)OCO2. The third-order valence-electron chi connectivity index (χ3n) is 6.21. The fourth-order valence-electron chi connectivity index (χ4n) is 4.31.